The third kappa shape index (κ3) is 3.17. The first-order valence-electron chi connectivity index (χ1n) is 6.11. The lowest BCUT2D eigenvalue weighted by molar-refractivity contribution is -0.119. The molecule has 92 valence electrons. The van der Waals surface area contributed by atoms with Gasteiger partial charge in [-0.05, 0) is 7.05 Å². The Kier molecular flexibility index (Phi) is 4.15. The topological polar surface area (TPSA) is 38.8 Å². The normalized spacial score (nSPS) is 29.3. The van der Waals surface area contributed by atoms with Crippen molar-refractivity contribution in [2.75, 3.05) is 59.4 Å². The molecular formula is C11H22N4O. The van der Waals surface area contributed by atoms with E-state index in [1.165, 1.54) is 0 Å². The first-order chi connectivity index (χ1) is 7.78. The summed E-state index contributed by atoms with van der Waals surface area (Å²) in [5.41, 5.74) is 0. The van der Waals surface area contributed by atoms with E-state index in [0.29, 0.717) is 6.04 Å². The molecule has 0 aromatic heterocycles. The molecule has 1 N–H and O–H groups in total. The Morgan fingerprint density at radius 2 is 2.00 bits per heavy atom. The van der Waals surface area contributed by atoms with E-state index >= 15 is 0 Å². The fraction of sp³-hybridized carbons (Fsp3) is 0.909. The molecule has 5 heteroatoms. The second-order valence-corrected chi connectivity index (χ2v) is 4.86. The molecule has 2 aliphatic rings. The lowest BCUT2D eigenvalue weighted by Gasteiger charge is -2.38. The molecule has 2 rings (SSSR count). The smallest absolute Gasteiger partial charge is 0.209 e. The number of piperazine rings is 2. The Morgan fingerprint density at radius 1 is 1.25 bits per heavy atom. The first-order valence-corrected chi connectivity index (χ1v) is 6.11. The Bertz CT molecular complexity index is 228. The van der Waals surface area contributed by atoms with E-state index in [1.807, 2.05) is 4.90 Å². The van der Waals surface area contributed by atoms with Crippen LogP contribution in [0.1, 0.15) is 0 Å². The van der Waals surface area contributed by atoms with Gasteiger partial charge in [0.15, 0.2) is 0 Å². The molecule has 1 amide bonds. The van der Waals surface area contributed by atoms with Crippen LogP contribution in [0.4, 0.5) is 0 Å². The third-order valence-electron chi connectivity index (χ3n) is 3.49. The highest BCUT2D eigenvalue weighted by atomic mass is 16.1. The molecule has 1 unspecified atom stereocenters. The van der Waals surface area contributed by atoms with Crippen LogP contribution in [-0.2, 0) is 4.79 Å². The van der Waals surface area contributed by atoms with Crippen molar-refractivity contribution in [3.8, 4) is 0 Å². The van der Waals surface area contributed by atoms with Crippen LogP contribution in [0.2, 0.25) is 0 Å². The highest BCUT2D eigenvalue weighted by Crippen LogP contribution is 2.03. The third-order valence-corrected chi connectivity index (χ3v) is 3.49. The average molecular weight is 226 g/mol. The van der Waals surface area contributed by atoms with E-state index < -0.39 is 0 Å². The summed E-state index contributed by atoms with van der Waals surface area (Å²) in [6.45, 7) is 8.27. The van der Waals surface area contributed by atoms with Gasteiger partial charge in [-0.2, -0.15) is 0 Å². The van der Waals surface area contributed by atoms with Crippen molar-refractivity contribution in [3.63, 3.8) is 0 Å². The van der Waals surface area contributed by atoms with E-state index in [1.54, 1.807) is 0 Å². The Hall–Kier alpha value is -0.650. The molecule has 1 atom stereocenters. The van der Waals surface area contributed by atoms with Crippen LogP contribution in [0.3, 0.4) is 0 Å². The number of amides is 1. The summed E-state index contributed by atoms with van der Waals surface area (Å²) in [5.74, 6) is 0. The van der Waals surface area contributed by atoms with E-state index in [4.69, 9.17) is 0 Å². The fourth-order valence-electron chi connectivity index (χ4n) is 2.48. The minimum absolute atomic E-state index is 0.585. The highest BCUT2D eigenvalue weighted by molar-refractivity contribution is 5.47. The summed E-state index contributed by atoms with van der Waals surface area (Å²) in [7, 11) is 2.18. The summed E-state index contributed by atoms with van der Waals surface area (Å²) in [5, 5.41) is 3.56. The molecular weight excluding hydrogens is 204 g/mol. The van der Waals surface area contributed by atoms with Gasteiger partial charge in [-0.3, -0.25) is 9.69 Å². The Balaban J connectivity index is 1.71. The van der Waals surface area contributed by atoms with Crippen LogP contribution in [0.25, 0.3) is 0 Å². The van der Waals surface area contributed by atoms with Gasteiger partial charge in [-0.25, -0.2) is 0 Å². The van der Waals surface area contributed by atoms with Gasteiger partial charge in [0.1, 0.15) is 0 Å². The summed E-state index contributed by atoms with van der Waals surface area (Å²) >= 11 is 0. The van der Waals surface area contributed by atoms with Gasteiger partial charge >= 0.3 is 0 Å². The zero-order chi connectivity index (χ0) is 11.4. The van der Waals surface area contributed by atoms with Crippen LogP contribution in [0.15, 0.2) is 0 Å². The molecule has 0 saturated carbocycles. The first kappa shape index (κ1) is 11.8. The second-order valence-electron chi connectivity index (χ2n) is 4.86. The molecule has 2 aliphatic heterocycles. The number of nitrogens with one attached hydrogen (secondary N) is 1. The van der Waals surface area contributed by atoms with E-state index in [9.17, 15) is 4.79 Å². The van der Waals surface area contributed by atoms with Crippen molar-refractivity contribution >= 4 is 6.41 Å². The number of hydrogen-bond donors (Lipinski definition) is 1. The molecule has 0 radical (unpaired) electrons. The monoisotopic (exact) mass is 226 g/mol. The van der Waals surface area contributed by atoms with Gasteiger partial charge in [0, 0.05) is 58.4 Å². The van der Waals surface area contributed by atoms with Gasteiger partial charge in [-0.1, -0.05) is 0 Å². The van der Waals surface area contributed by atoms with Gasteiger partial charge in [0.2, 0.25) is 6.41 Å². The molecule has 0 aromatic carbocycles. The summed E-state index contributed by atoms with van der Waals surface area (Å²) < 4.78 is 0. The maximum absolute atomic E-state index is 10.6. The summed E-state index contributed by atoms with van der Waals surface area (Å²) in [6.07, 6.45) is 0.962. The number of rotatable bonds is 3. The summed E-state index contributed by atoms with van der Waals surface area (Å²) in [6, 6.07) is 0.585. The zero-order valence-corrected chi connectivity index (χ0v) is 10.1. The molecule has 0 bridgehead atoms. The number of carbonyl (C=O) groups is 1. The highest BCUT2D eigenvalue weighted by Gasteiger charge is 2.21. The lowest BCUT2D eigenvalue weighted by atomic mass is 10.2. The van der Waals surface area contributed by atoms with Crippen LogP contribution < -0.4 is 5.32 Å². The minimum atomic E-state index is 0.585. The quantitative estimate of drug-likeness (QED) is 0.605. The average Bonchev–Trinajstić information content (AvgIpc) is 2.30. The van der Waals surface area contributed by atoms with Crippen molar-refractivity contribution in [3.05, 3.63) is 0 Å². The van der Waals surface area contributed by atoms with E-state index in [-0.39, 0.29) is 0 Å². The number of hydrogen-bond acceptors (Lipinski definition) is 4. The fourth-order valence-corrected chi connectivity index (χ4v) is 2.48. The van der Waals surface area contributed by atoms with Crippen molar-refractivity contribution in [1.29, 1.82) is 0 Å². The van der Waals surface area contributed by atoms with Crippen LogP contribution >= 0.6 is 0 Å². The Morgan fingerprint density at radius 3 is 2.62 bits per heavy atom. The van der Waals surface area contributed by atoms with E-state index in [0.717, 1.165) is 58.8 Å². The summed E-state index contributed by atoms with van der Waals surface area (Å²) in [4.78, 5) is 17.3. The van der Waals surface area contributed by atoms with Crippen molar-refractivity contribution in [2.45, 2.75) is 6.04 Å². The standard InChI is InChI=1S/C11H22N4O/c1-13-3-2-12-11(8-13)9-14-4-6-15(10-16)7-5-14/h10-12H,2-9H2,1H3. The van der Waals surface area contributed by atoms with Crippen molar-refractivity contribution < 1.29 is 4.79 Å². The molecule has 0 spiro atoms. The predicted octanol–water partition coefficient (Wildman–Crippen LogP) is -1.34. The molecule has 16 heavy (non-hydrogen) atoms. The largest absolute Gasteiger partial charge is 0.343 e. The molecule has 2 saturated heterocycles. The maximum Gasteiger partial charge on any atom is 0.209 e. The Labute approximate surface area is 97.4 Å². The van der Waals surface area contributed by atoms with Crippen LogP contribution in [0, 0.1) is 0 Å². The lowest BCUT2D eigenvalue weighted by Crippen LogP contribution is -2.56. The molecule has 2 fully saturated rings. The molecule has 0 aromatic rings. The maximum atomic E-state index is 10.6. The molecule has 0 aliphatic carbocycles. The van der Waals surface area contributed by atoms with E-state index in [2.05, 4.69) is 22.2 Å². The SMILES string of the molecule is CN1CCNC(CN2CCN(C=O)CC2)C1. The van der Waals surface area contributed by atoms with Gasteiger partial charge in [0.05, 0.1) is 0 Å². The number of nitrogens with zero attached hydrogens (tertiary/aromatic N) is 3. The van der Waals surface area contributed by atoms with Gasteiger partial charge in [0.25, 0.3) is 0 Å². The zero-order valence-electron chi connectivity index (χ0n) is 10.1. The predicted molar refractivity (Wildman–Crippen MR) is 63.4 cm³/mol. The van der Waals surface area contributed by atoms with Gasteiger partial charge < -0.3 is 15.1 Å². The van der Waals surface area contributed by atoms with Crippen molar-refractivity contribution in [2.24, 2.45) is 0 Å². The van der Waals surface area contributed by atoms with Crippen LogP contribution in [0.5, 0.6) is 0 Å². The molecule has 2 heterocycles. The second kappa shape index (κ2) is 5.61. The number of likely N-dealkylation sites (N-methyl/N-ethyl adjacent to an activating group) is 1. The minimum Gasteiger partial charge on any atom is -0.343 e. The van der Waals surface area contributed by atoms with Gasteiger partial charge in [-0.15, -0.1) is 0 Å². The van der Waals surface area contributed by atoms with Crippen molar-refractivity contribution in [1.82, 2.24) is 20.0 Å². The van der Waals surface area contributed by atoms with Crippen LogP contribution in [-0.4, -0.2) is 86.6 Å². The number of carbonyl (C=O) groups excluding carboxylic acids is 1. The molecule has 5 nitrogen and oxygen atoms in total.